The average molecular weight is 381 g/mol. The molecule has 2 aliphatic rings. The predicted octanol–water partition coefficient (Wildman–Crippen LogP) is 2.77. The third kappa shape index (κ3) is 3.59. The van der Waals surface area contributed by atoms with Gasteiger partial charge >= 0.3 is 0 Å². The number of halogens is 1. The number of rotatable bonds is 4. The highest BCUT2D eigenvalue weighted by atomic mass is 19.1. The molecular weight excluding hydrogens is 357 g/mol. The van der Waals surface area contributed by atoms with E-state index in [2.05, 4.69) is 0 Å². The molecule has 2 amide bonds. The van der Waals surface area contributed by atoms with E-state index in [0.29, 0.717) is 38.3 Å². The summed E-state index contributed by atoms with van der Waals surface area (Å²) in [6.07, 6.45) is 0.613. The van der Waals surface area contributed by atoms with E-state index in [-0.39, 0.29) is 29.5 Å². The molecule has 4 rings (SSSR count). The molecule has 1 saturated carbocycles. The van der Waals surface area contributed by atoms with Crippen LogP contribution in [0.15, 0.2) is 54.6 Å². The second kappa shape index (κ2) is 7.62. The van der Waals surface area contributed by atoms with Crippen molar-refractivity contribution in [2.45, 2.75) is 6.42 Å². The zero-order valence-corrected chi connectivity index (χ0v) is 15.9. The minimum Gasteiger partial charge on any atom is -0.366 e. The highest BCUT2D eigenvalue weighted by molar-refractivity contribution is 6.00. The molecule has 0 radical (unpaired) electrons. The summed E-state index contributed by atoms with van der Waals surface area (Å²) in [6, 6.07) is 16.2. The van der Waals surface area contributed by atoms with Gasteiger partial charge in [-0.25, -0.2) is 4.39 Å². The lowest BCUT2D eigenvalue weighted by molar-refractivity contribution is -0.134. The molecule has 1 heterocycles. The fourth-order valence-electron chi connectivity index (χ4n) is 3.88. The van der Waals surface area contributed by atoms with Crippen molar-refractivity contribution in [3.05, 3.63) is 60.4 Å². The van der Waals surface area contributed by atoms with Crippen LogP contribution in [-0.2, 0) is 9.59 Å². The van der Waals surface area contributed by atoms with Gasteiger partial charge in [0.1, 0.15) is 5.82 Å². The Bertz CT molecular complexity index is 865. The standard InChI is InChI=1S/C22H24FN3O2/c1-24(16-7-3-2-4-8-16)21(27)17-15-18(17)22(28)26-13-11-25(12-14-26)20-10-6-5-9-19(20)23/h2-10,17-18H,11-15H2,1H3. The Kier molecular flexibility index (Phi) is 5.03. The normalized spacial score (nSPS) is 21.4. The number of amides is 2. The van der Waals surface area contributed by atoms with Crippen LogP contribution in [-0.4, -0.2) is 49.9 Å². The molecule has 0 bridgehead atoms. The van der Waals surface area contributed by atoms with Gasteiger partial charge in [-0.05, 0) is 30.7 Å². The highest BCUT2D eigenvalue weighted by Crippen LogP contribution is 2.42. The summed E-state index contributed by atoms with van der Waals surface area (Å²) in [5.41, 5.74) is 1.42. The van der Waals surface area contributed by atoms with Gasteiger partial charge in [-0.1, -0.05) is 30.3 Å². The van der Waals surface area contributed by atoms with Crippen molar-refractivity contribution >= 4 is 23.2 Å². The molecular formula is C22H24FN3O2. The molecule has 0 spiro atoms. The molecule has 1 aliphatic heterocycles. The van der Waals surface area contributed by atoms with E-state index in [4.69, 9.17) is 0 Å². The van der Waals surface area contributed by atoms with E-state index in [1.165, 1.54) is 6.07 Å². The summed E-state index contributed by atoms with van der Waals surface area (Å²) in [5, 5.41) is 0. The van der Waals surface area contributed by atoms with E-state index in [1.807, 2.05) is 46.2 Å². The van der Waals surface area contributed by atoms with Gasteiger partial charge in [0.15, 0.2) is 0 Å². The predicted molar refractivity (Wildman–Crippen MR) is 107 cm³/mol. The van der Waals surface area contributed by atoms with Crippen molar-refractivity contribution < 1.29 is 14.0 Å². The van der Waals surface area contributed by atoms with Crippen LogP contribution in [0, 0.1) is 17.7 Å². The lowest BCUT2D eigenvalue weighted by Crippen LogP contribution is -2.49. The number of para-hydroxylation sites is 2. The minimum absolute atomic E-state index is 0.00505. The number of hydrogen-bond acceptors (Lipinski definition) is 3. The maximum absolute atomic E-state index is 14.0. The molecule has 5 nitrogen and oxygen atoms in total. The fraction of sp³-hybridized carbons (Fsp3) is 0.364. The summed E-state index contributed by atoms with van der Waals surface area (Å²) >= 11 is 0. The zero-order chi connectivity index (χ0) is 19.7. The molecule has 1 aliphatic carbocycles. The van der Waals surface area contributed by atoms with E-state index in [1.54, 1.807) is 24.1 Å². The maximum Gasteiger partial charge on any atom is 0.230 e. The van der Waals surface area contributed by atoms with Crippen molar-refractivity contribution in [3.8, 4) is 0 Å². The maximum atomic E-state index is 14.0. The molecule has 2 fully saturated rings. The van der Waals surface area contributed by atoms with Crippen molar-refractivity contribution in [2.75, 3.05) is 43.0 Å². The first-order valence-corrected chi connectivity index (χ1v) is 9.67. The number of anilines is 2. The second-order valence-electron chi connectivity index (χ2n) is 7.45. The lowest BCUT2D eigenvalue weighted by Gasteiger charge is -2.36. The largest absolute Gasteiger partial charge is 0.366 e. The van der Waals surface area contributed by atoms with Gasteiger partial charge in [-0.3, -0.25) is 9.59 Å². The summed E-state index contributed by atoms with van der Waals surface area (Å²) in [4.78, 5) is 30.9. The Morgan fingerprint density at radius 1 is 0.929 bits per heavy atom. The first-order valence-electron chi connectivity index (χ1n) is 9.67. The minimum atomic E-state index is -0.237. The SMILES string of the molecule is CN(C(=O)C1CC1C(=O)N1CCN(c2ccccc2F)CC1)c1ccccc1. The average Bonchev–Trinajstić information content (AvgIpc) is 3.54. The van der Waals surface area contributed by atoms with E-state index < -0.39 is 0 Å². The Balaban J connectivity index is 1.32. The molecule has 28 heavy (non-hydrogen) atoms. The summed E-state index contributed by atoms with van der Waals surface area (Å²) in [7, 11) is 1.75. The first-order chi connectivity index (χ1) is 13.6. The van der Waals surface area contributed by atoms with Crippen LogP contribution >= 0.6 is 0 Å². The molecule has 2 atom stereocenters. The van der Waals surface area contributed by atoms with Gasteiger partial charge in [0.05, 0.1) is 17.5 Å². The number of piperazine rings is 1. The number of carbonyl (C=O) groups excluding carboxylic acids is 2. The topological polar surface area (TPSA) is 43.9 Å². The molecule has 0 N–H and O–H groups in total. The number of carbonyl (C=O) groups is 2. The molecule has 0 aromatic heterocycles. The van der Waals surface area contributed by atoms with Crippen LogP contribution < -0.4 is 9.80 Å². The second-order valence-corrected chi connectivity index (χ2v) is 7.45. The Hall–Kier alpha value is -2.89. The third-order valence-electron chi connectivity index (χ3n) is 5.68. The molecule has 2 aromatic rings. The first kappa shape index (κ1) is 18.5. The van der Waals surface area contributed by atoms with Gasteiger partial charge in [-0.2, -0.15) is 0 Å². The van der Waals surface area contributed by atoms with Gasteiger partial charge < -0.3 is 14.7 Å². The molecule has 6 heteroatoms. The van der Waals surface area contributed by atoms with Gasteiger partial charge in [0, 0.05) is 38.9 Å². The van der Waals surface area contributed by atoms with Crippen LogP contribution in [0.4, 0.5) is 15.8 Å². The molecule has 2 aromatic carbocycles. The van der Waals surface area contributed by atoms with Crippen molar-refractivity contribution in [1.29, 1.82) is 0 Å². The van der Waals surface area contributed by atoms with Crippen LogP contribution in [0.5, 0.6) is 0 Å². The molecule has 2 unspecified atom stereocenters. The lowest BCUT2D eigenvalue weighted by atomic mass is 10.2. The van der Waals surface area contributed by atoms with Gasteiger partial charge in [0.25, 0.3) is 0 Å². The van der Waals surface area contributed by atoms with Gasteiger partial charge in [0.2, 0.25) is 11.8 Å². The van der Waals surface area contributed by atoms with E-state index in [0.717, 1.165) is 5.69 Å². The van der Waals surface area contributed by atoms with Crippen LogP contribution in [0.2, 0.25) is 0 Å². The summed E-state index contributed by atoms with van der Waals surface area (Å²) in [6.45, 7) is 2.31. The summed E-state index contributed by atoms with van der Waals surface area (Å²) in [5.74, 6) is -0.650. The van der Waals surface area contributed by atoms with Crippen LogP contribution in [0.1, 0.15) is 6.42 Å². The third-order valence-corrected chi connectivity index (χ3v) is 5.68. The monoisotopic (exact) mass is 381 g/mol. The van der Waals surface area contributed by atoms with Crippen LogP contribution in [0.25, 0.3) is 0 Å². The van der Waals surface area contributed by atoms with Crippen molar-refractivity contribution in [3.63, 3.8) is 0 Å². The Labute approximate surface area is 164 Å². The fourth-order valence-corrected chi connectivity index (χ4v) is 3.88. The Morgan fingerprint density at radius 2 is 1.57 bits per heavy atom. The zero-order valence-electron chi connectivity index (χ0n) is 15.9. The van der Waals surface area contributed by atoms with E-state index in [9.17, 15) is 14.0 Å². The van der Waals surface area contributed by atoms with Crippen molar-refractivity contribution in [2.24, 2.45) is 11.8 Å². The molecule has 146 valence electrons. The quantitative estimate of drug-likeness (QED) is 0.818. The van der Waals surface area contributed by atoms with Gasteiger partial charge in [-0.15, -0.1) is 0 Å². The smallest absolute Gasteiger partial charge is 0.230 e. The number of benzene rings is 2. The highest BCUT2D eigenvalue weighted by Gasteiger charge is 2.50. The Morgan fingerprint density at radius 3 is 2.25 bits per heavy atom. The molecule has 1 saturated heterocycles. The van der Waals surface area contributed by atoms with Crippen molar-refractivity contribution in [1.82, 2.24) is 4.90 Å². The van der Waals surface area contributed by atoms with Crippen LogP contribution in [0.3, 0.4) is 0 Å². The number of hydrogen-bond donors (Lipinski definition) is 0. The summed E-state index contributed by atoms with van der Waals surface area (Å²) < 4.78 is 14.0. The van der Waals surface area contributed by atoms with E-state index >= 15 is 0 Å². The number of nitrogens with zero attached hydrogens (tertiary/aromatic N) is 3.